The fourth-order valence-corrected chi connectivity index (χ4v) is 2.58. The molecule has 2 rings (SSSR count). The van der Waals surface area contributed by atoms with Crippen LogP contribution in [0, 0.1) is 0 Å². The van der Waals surface area contributed by atoms with Crippen LogP contribution in [-0.4, -0.2) is 30.0 Å². The minimum absolute atomic E-state index is 0.0494. The van der Waals surface area contributed by atoms with Crippen LogP contribution in [0.25, 0.3) is 0 Å². The molecule has 2 nitrogen and oxygen atoms in total. The Kier molecular flexibility index (Phi) is 3.62. The third-order valence-electron chi connectivity index (χ3n) is 3.37. The van der Waals surface area contributed by atoms with Gasteiger partial charge in [0.15, 0.2) is 0 Å². The highest BCUT2D eigenvalue weighted by Crippen LogP contribution is 2.35. The first-order valence-corrected chi connectivity index (χ1v) is 5.88. The van der Waals surface area contributed by atoms with Gasteiger partial charge in [0, 0.05) is 6.04 Å². The first kappa shape index (κ1) is 12.3. The van der Waals surface area contributed by atoms with Crippen LogP contribution in [0.5, 0.6) is 5.75 Å². The summed E-state index contributed by atoms with van der Waals surface area (Å²) in [7, 11) is 1.73. The van der Waals surface area contributed by atoms with E-state index in [0.717, 1.165) is 30.4 Å². The van der Waals surface area contributed by atoms with Crippen molar-refractivity contribution in [3.05, 3.63) is 29.3 Å². The number of alkyl halides is 2. The maximum Gasteiger partial charge on any atom is 0.251 e. The molecule has 1 aromatic rings. The van der Waals surface area contributed by atoms with Crippen LogP contribution in [-0.2, 0) is 6.42 Å². The van der Waals surface area contributed by atoms with Gasteiger partial charge < -0.3 is 5.11 Å². The Morgan fingerprint density at radius 3 is 2.94 bits per heavy atom. The molecule has 1 aliphatic rings. The lowest BCUT2D eigenvalue weighted by molar-refractivity contribution is 0.0761. The van der Waals surface area contributed by atoms with Gasteiger partial charge in [-0.3, -0.25) is 4.90 Å². The molecule has 0 saturated carbocycles. The van der Waals surface area contributed by atoms with Crippen LogP contribution in [0.1, 0.15) is 30.0 Å². The molecule has 17 heavy (non-hydrogen) atoms. The topological polar surface area (TPSA) is 23.5 Å². The van der Waals surface area contributed by atoms with Crippen molar-refractivity contribution in [3.8, 4) is 5.75 Å². The summed E-state index contributed by atoms with van der Waals surface area (Å²) in [5.74, 6) is 0.251. The molecule has 0 bridgehead atoms. The monoisotopic (exact) mass is 241 g/mol. The van der Waals surface area contributed by atoms with Crippen LogP contribution in [0.4, 0.5) is 8.78 Å². The predicted octanol–water partition coefficient (Wildman–Crippen LogP) is 2.97. The molecule has 0 saturated heterocycles. The van der Waals surface area contributed by atoms with E-state index in [2.05, 4.69) is 0 Å². The lowest BCUT2D eigenvalue weighted by Gasteiger charge is -2.33. The smallest absolute Gasteiger partial charge is 0.251 e. The van der Waals surface area contributed by atoms with Crippen molar-refractivity contribution < 1.29 is 13.9 Å². The second kappa shape index (κ2) is 5.00. The molecule has 1 aliphatic carbocycles. The Hall–Kier alpha value is -1.16. The maximum atomic E-state index is 12.4. The second-order valence-corrected chi connectivity index (χ2v) is 4.62. The number of fused-ring (bicyclic) bond motifs is 1. The lowest BCUT2D eigenvalue weighted by atomic mass is 9.87. The number of aryl methyl sites for hydroxylation is 1. The summed E-state index contributed by atoms with van der Waals surface area (Å²) in [4.78, 5) is 1.71. The molecule has 0 aromatic heterocycles. The van der Waals surface area contributed by atoms with Gasteiger partial charge in [0.25, 0.3) is 6.43 Å². The zero-order chi connectivity index (χ0) is 12.4. The van der Waals surface area contributed by atoms with Gasteiger partial charge in [-0.15, -0.1) is 0 Å². The van der Waals surface area contributed by atoms with Crippen LogP contribution < -0.4 is 0 Å². The summed E-state index contributed by atoms with van der Waals surface area (Å²) in [5, 5.41) is 9.42. The molecule has 1 N–H and O–H groups in total. The Morgan fingerprint density at radius 2 is 2.24 bits per heavy atom. The number of phenols is 1. The fourth-order valence-electron chi connectivity index (χ4n) is 2.58. The molecule has 0 aliphatic heterocycles. The van der Waals surface area contributed by atoms with Gasteiger partial charge in [-0.05, 0) is 49.6 Å². The van der Waals surface area contributed by atoms with E-state index in [0.29, 0.717) is 0 Å². The van der Waals surface area contributed by atoms with E-state index in [1.54, 1.807) is 24.1 Å². The molecule has 0 spiro atoms. The van der Waals surface area contributed by atoms with Gasteiger partial charge >= 0.3 is 0 Å². The minimum atomic E-state index is -2.30. The van der Waals surface area contributed by atoms with Gasteiger partial charge in [0.05, 0.1) is 6.54 Å². The number of halogens is 2. The molecule has 1 unspecified atom stereocenters. The van der Waals surface area contributed by atoms with Crippen LogP contribution in [0.2, 0.25) is 0 Å². The van der Waals surface area contributed by atoms with Gasteiger partial charge in [0.1, 0.15) is 5.75 Å². The van der Waals surface area contributed by atoms with Crippen LogP contribution in [0.3, 0.4) is 0 Å². The zero-order valence-corrected chi connectivity index (χ0v) is 9.87. The van der Waals surface area contributed by atoms with Crippen molar-refractivity contribution in [1.29, 1.82) is 0 Å². The Labute approximate surface area is 99.9 Å². The highest BCUT2D eigenvalue weighted by molar-refractivity contribution is 5.38. The standard InChI is InChI=1S/C13H17F2NO/c1-16(8-13(14)15)12-4-2-3-9-7-10(17)5-6-11(9)12/h5-7,12-13,17H,2-4,8H2,1H3. The van der Waals surface area contributed by atoms with Gasteiger partial charge in [-0.2, -0.15) is 0 Å². The first-order valence-electron chi connectivity index (χ1n) is 5.88. The number of phenolic OH excluding ortho intramolecular Hbond substituents is 1. The van der Waals surface area contributed by atoms with E-state index in [1.807, 2.05) is 6.07 Å². The third kappa shape index (κ3) is 2.75. The Morgan fingerprint density at radius 1 is 1.47 bits per heavy atom. The molecule has 0 amide bonds. The second-order valence-electron chi connectivity index (χ2n) is 4.62. The molecule has 1 aromatic carbocycles. The van der Waals surface area contributed by atoms with E-state index in [4.69, 9.17) is 0 Å². The van der Waals surface area contributed by atoms with Crippen molar-refractivity contribution in [3.63, 3.8) is 0 Å². The number of hydrogen-bond acceptors (Lipinski definition) is 2. The van der Waals surface area contributed by atoms with Crippen molar-refractivity contribution in [1.82, 2.24) is 4.90 Å². The molecule has 0 radical (unpaired) electrons. The van der Waals surface area contributed by atoms with Crippen molar-refractivity contribution in [2.24, 2.45) is 0 Å². The number of hydrogen-bond donors (Lipinski definition) is 1. The number of rotatable bonds is 3. The molecular formula is C13H17F2NO. The molecule has 0 fully saturated rings. The quantitative estimate of drug-likeness (QED) is 0.879. The summed E-state index contributed by atoms with van der Waals surface area (Å²) in [6, 6.07) is 5.29. The molecular weight excluding hydrogens is 224 g/mol. The summed E-state index contributed by atoms with van der Waals surface area (Å²) >= 11 is 0. The normalized spacial score (nSPS) is 19.7. The fraction of sp³-hybridized carbons (Fsp3) is 0.538. The zero-order valence-electron chi connectivity index (χ0n) is 9.87. The summed E-state index contributed by atoms with van der Waals surface area (Å²) in [5.41, 5.74) is 2.17. The highest BCUT2D eigenvalue weighted by Gasteiger charge is 2.25. The van der Waals surface area contributed by atoms with Crippen LogP contribution in [0.15, 0.2) is 18.2 Å². The summed E-state index contributed by atoms with van der Waals surface area (Å²) in [6.07, 6.45) is 0.501. The van der Waals surface area contributed by atoms with E-state index >= 15 is 0 Å². The van der Waals surface area contributed by atoms with E-state index in [-0.39, 0.29) is 18.3 Å². The summed E-state index contributed by atoms with van der Waals surface area (Å²) in [6.45, 7) is -0.203. The van der Waals surface area contributed by atoms with Crippen molar-refractivity contribution in [2.75, 3.05) is 13.6 Å². The average molecular weight is 241 g/mol. The van der Waals surface area contributed by atoms with Gasteiger partial charge in [-0.25, -0.2) is 8.78 Å². The highest BCUT2D eigenvalue weighted by atomic mass is 19.3. The van der Waals surface area contributed by atoms with Crippen molar-refractivity contribution >= 4 is 0 Å². The molecule has 94 valence electrons. The van der Waals surface area contributed by atoms with Gasteiger partial charge in [0.2, 0.25) is 0 Å². The third-order valence-corrected chi connectivity index (χ3v) is 3.37. The average Bonchev–Trinajstić information content (AvgIpc) is 2.26. The number of aromatic hydroxyl groups is 1. The predicted molar refractivity (Wildman–Crippen MR) is 62.4 cm³/mol. The molecule has 1 atom stereocenters. The Bertz CT molecular complexity index is 395. The largest absolute Gasteiger partial charge is 0.508 e. The van der Waals surface area contributed by atoms with Crippen LogP contribution >= 0.6 is 0 Å². The molecule has 0 heterocycles. The molecule has 4 heteroatoms. The lowest BCUT2D eigenvalue weighted by Crippen LogP contribution is -2.31. The summed E-state index contributed by atoms with van der Waals surface area (Å²) < 4.78 is 24.8. The maximum absolute atomic E-state index is 12.4. The Balaban J connectivity index is 2.22. The SMILES string of the molecule is CN(CC(F)F)C1CCCc2cc(O)ccc21. The van der Waals surface area contributed by atoms with E-state index < -0.39 is 6.43 Å². The van der Waals surface area contributed by atoms with E-state index in [9.17, 15) is 13.9 Å². The minimum Gasteiger partial charge on any atom is -0.508 e. The van der Waals surface area contributed by atoms with Gasteiger partial charge in [-0.1, -0.05) is 6.07 Å². The van der Waals surface area contributed by atoms with E-state index in [1.165, 1.54) is 0 Å². The number of benzene rings is 1. The van der Waals surface area contributed by atoms with Crippen molar-refractivity contribution in [2.45, 2.75) is 31.7 Å². The number of nitrogens with zero attached hydrogens (tertiary/aromatic N) is 1. The first-order chi connectivity index (χ1) is 8.08.